The number of hydrogen-bond donors (Lipinski definition) is 2. The summed E-state index contributed by atoms with van der Waals surface area (Å²) >= 11 is 1.42. The first kappa shape index (κ1) is 25.4. The van der Waals surface area contributed by atoms with Crippen molar-refractivity contribution in [2.75, 3.05) is 6.61 Å². The number of ether oxygens (including phenoxy) is 1. The van der Waals surface area contributed by atoms with Crippen LogP contribution in [0.5, 0.6) is 0 Å². The summed E-state index contributed by atoms with van der Waals surface area (Å²) in [7, 11) is -2.10. The van der Waals surface area contributed by atoms with Crippen molar-refractivity contribution in [3.63, 3.8) is 0 Å². The molecule has 0 bridgehead atoms. The fraction of sp³-hybridized carbons (Fsp3) is 0.652. The predicted molar refractivity (Wildman–Crippen MR) is 127 cm³/mol. The summed E-state index contributed by atoms with van der Waals surface area (Å²) in [6.45, 7) is 14.7. The Hall–Kier alpha value is -1.23. The van der Waals surface area contributed by atoms with Gasteiger partial charge in [-0.15, -0.1) is 11.8 Å². The van der Waals surface area contributed by atoms with Gasteiger partial charge in [-0.05, 0) is 30.3 Å². The summed E-state index contributed by atoms with van der Waals surface area (Å²) in [4.78, 5) is 27.2. The number of amides is 2. The molecule has 9 heteroatoms. The van der Waals surface area contributed by atoms with Crippen molar-refractivity contribution in [1.82, 2.24) is 4.90 Å². The summed E-state index contributed by atoms with van der Waals surface area (Å²) in [5.41, 5.74) is -0.0876. The lowest BCUT2D eigenvalue weighted by Gasteiger charge is -2.46. The van der Waals surface area contributed by atoms with E-state index >= 15 is 0 Å². The zero-order chi connectivity index (χ0) is 24.0. The van der Waals surface area contributed by atoms with E-state index in [1.54, 1.807) is 24.3 Å². The number of benzene rings is 1. The number of hydrogen-bond acceptors (Lipinski definition) is 7. The molecule has 0 aliphatic carbocycles. The van der Waals surface area contributed by atoms with E-state index in [4.69, 9.17) is 9.16 Å². The maximum atomic E-state index is 13.1. The minimum atomic E-state index is -2.10. The fourth-order valence-electron chi connectivity index (χ4n) is 3.69. The van der Waals surface area contributed by atoms with E-state index in [-0.39, 0.29) is 16.9 Å². The molecule has 1 fully saturated rings. The zero-order valence-electron chi connectivity index (χ0n) is 19.9. The summed E-state index contributed by atoms with van der Waals surface area (Å²) in [5, 5.41) is 22.1. The van der Waals surface area contributed by atoms with Gasteiger partial charge in [0.1, 0.15) is 29.8 Å². The number of carbonyl (C=O) groups is 2. The lowest BCUT2D eigenvalue weighted by Crippen LogP contribution is -2.65. The van der Waals surface area contributed by atoms with Crippen LogP contribution in [0.4, 0.5) is 0 Å². The highest BCUT2D eigenvalue weighted by molar-refractivity contribution is 8.00. The van der Waals surface area contributed by atoms with Gasteiger partial charge in [0.15, 0.2) is 8.32 Å². The van der Waals surface area contributed by atoms with Crippen molar-refractivity contribution in [2.24, 2.45) is 0 Å². The predicted octanol–water partition coefficient (Wildman–Crippen LogP) is 3.26. The van der Waals surface area contributed by atoms with Gasteiger partial charge in [0.2, 0.25) is 0 Å². The van der Waals surface area contributed by atoms with E-state index in [1.165, 1.54) is 11.8 Å². The van der Waals surface area contributed by atoms with Crippen LogP contribution in [-0.4, -0.2) is 76.9 Å². The molecule has 178 valence electrons. The highest BCUT2D eigenvalue weighted by Gasteiger charge is 2.53. The lowest BCUT2D eigenvalue weighted by atomic mass is 9.97. The standard InChI is InChI=1S/C23H35NO6SSi/c1-13(2)31-22-17(24-20(27)14-10-8-9-11-15(14)21(24)28)19(26)18(25)16(30-22)12-29-32(6,7)23(3,4)5/h8-11,13,16-19,22,25-26H,12H2,1-7H3/t16-,17-,18-,19-,22+/m1/s1. The molecule has 5 atom stereocenters. The molecule has 1 saturated heterocycles. The largest absolute Gasteiger partial charge is 0.414 e. The van der Waals surface area contributed by atoms with E-state index in [2.05, 4.69) is 33.9 Å². The van der Waals surface area contributed by atoms with Crippen LogP contribution in [0.3, 0.4) is 0 Å². The van der Waals surface area contributed by atoms with Gasteiger partial charge in [-0.3, -0.25) is 14.5 Å². The molecule has 2 aliphatic rings. The molecule has 32 heavy (non-hydrogen) atoms. The third-order valence-electron chi connectivity index (χ3n) is 6.61. The Morgan fingerprint density at radius 3 is 2.09 bits per heavy atom. The van der Waals surface area contributed by atoms with Crippen LogP contribution < -0.4 is 0 Å². The SMILES string of the molecule is CC(C)S[C@@H]1O[C@H](CO[Si](C)(C)C(C)(C)C)[C@@H](O)[C@H](O)[C@H]1N1C(=O)c2ccccc2C1=O. The van der Waals surface area contributed by atoms with Crippen molar-refractivity contribution >= 4 is 31.9 Å². The maximum absolute atomic E-state index is 13.1. The van der Waals surface area contributed by atoms with Crippen LogP contribution in [0.25, 0.3) is 0 Å². The van der Waals surface area contributed by atoms with Crippen LogP contribution in [-0.2, 0) is 9.16 Å². The molecular weight excluding hydrogens is 446 g/mol. The van der Waals surface area contributed by atoms with E-state index < -0.39 is 49.9 Å². The number of rotatable bonds is 6. The monoisotopic (exact) mass is 481 g/mol. The third-order valence-corrected chi connectivity index (χ3v) is 12.3. The van der Waals surface area contributed by atoms with Gasteiger partial charge < -0.3 is 19.4 Å². The van der Waals surface area contributed by atoms with Gasteiger partial charge in [0.25, 0.3) is 11.8 Å². The highest BCUT2D eigenvalue weighted by Crippen LogP contribution is 2.40. The maximum Gasteiger partial charge on any atom is 0.262 e. The molecular formula is C23H35NO6SSi. The third kappa shape index (κ3) is 4.69. The minimum Gasteiger partial charge on any atom is -0.414 e. The fourth-order valence-corrected chi connectivity index (χ4v) is 5.90. The van der Waals surface area contributed by atoms with Crippen molar-refractivity contribution < 1.29 is 29.0 Å². The van der Waals surface area contributed by atoms with Gasteiger partial charge in [-0.1, -0.05) is 46.8 Å². The topological polar surface area (TPSA) is 96.3 Å². The molecule has 1 aromatic rings. The number of carbonyl (C=O) groups excluding carboxylic acids is 2. The normalized spacial score (nSPS) is 29.1. The molecule has 2 heterocycles. The molecule has 0 saturated carbocycles. The summed E-state index contributed by atoms with van der Waals surface area (Å²) in [6, 6.07) is 5.59. The molecule has 7 nitrogen and oxygen atoms in total. The molecule has 0 radical (unpaired) electrons. The highest BCUT2D eigenvalue weighted by atomic mass is 32.2. The molecule has 2 aliphatic heterocycles. The van der Waals surface area contributed by atoms with Crippen molar-refractivity contribution in [2.45, 2.75) is 87.8 Å². The summed E-state index contributed by atoms with van der Waals surface area (Å²) in [5.74, 6) is -0.952. The second kappa shape index (κ2) is 9.19. The van der Waals surface area contributed by atoms with E-state index in [0.29, 0.717) is 11.1 Å². The molecule has 0 aromatic heterocycles. The Labute approximate surface area is 195 Å². The number of aliphatic hydroxyl groups excluding tert-OH is 2. The average Bonchev–Trinajstić information content (AvgIpc) is 2.94. The first-order valence-electron chi connectivity index (χ1n) is 11.0. The summed E-state index contributed by atoms with van der Waals surface area (Å²) < 4.78 is 12.5. The van der Waals surface area contributed by atoms with Crippen molar-refractivity contribution in [3.8, 4) is 0 Å². The van der Waals surface area contributed by atoms with Gasteiger partial charge in [0.05, 0.1) is 17.7 Å². The summed E-state index contributed by atoms with van der Waals surface area (Å²) in [6.07, 6.45) is -3.41. The van der Waals surface area contributed by atoms with E-state index in [1.807, 2.05) is 13.8 Å². The van der Waals surface area contributed by atoms with Crippen LogP contribution >= 0.6 is 11.8 Å². The molecule has 3 rings (SSSR count). The molecule has 0 unspecified atom stereocenters. The smallest absolute Gasteiger partial charge is 0.262 e. The van der Waals surface area contributed by atoms with Gasteiger partial charge >= 0.3 is 0 Å². The number of fused-ring (bicyclic) bond motifs is 1. The zero-order valence-corrected chi connectivity index (χ0v) is 21.7. The first-order valence-corrected chi connectivity index (χ1v) is 14.9. The van der Waals surface area contributed by atoms with Crippen LogP contribution in [0.1, 0.15) is 55.3 Å². The Bertz CT molecular complexity index is 835. The van der Waals surface area contributed by atoms with Crippen molar-refractivity contribution in [3.05, 3.63) is 35.4 Å². The second-order valence-corrected chi connectivity index (χ2v) is 16.8. The molecule has 0 spiro atoms. The number of aliphatic hydroxyl groups is 2. The first-order chi connectivity index (χ1) is 14.8. The quantitative estimate of drug-likeness (QED) is 0.475. The van der Waals surface area contributed by atoms with Gasteiger partial charge in [-0.2, -0.15) is 0 Å². The van der Waals surface area contributed by atoms with Crippen LogP contribution in [0.2, 0.25) is 18.1 Å². The lowest BCUT2D eigenvalue weighted by molar-refractivity contribution is -0.180. The Morgan fingerprint density at radius 2 is 1.62 bits per heavy atom. The average molecular weight is 482 g/mol. The van der Waals surface area contributed by atoms with E-state index in [9.17, 15) is 19.8 Å². The molecule has 2 amide bonds. The van der Waals surface area contributed by atoms with Gasteiger partial charge in [-0.25, -0.2) is 0 Å². The molecule has 1 aromatic carbocycles. The van der Waals surface area contributed by atoms with E-state index in [0.717, 1.165) is 4.90 Å². The Balaban J connectivity index is 1.86. The minimum absolute atomic E-state index is 0.0139. The van der Waals surface area contributed by atoms with Crippen LogP contribution in [0.15, 0.2) is 24.3 Å². The van der Waals surface area contributed by atoms with Crippen LogP contribution in [0, 0.1) is 0 Å². The Kier molecular flexibility index (Phi) is 7.29. The number of imide groups is 1. The number of thioether (sulfide) groups is 1. The second-order valence-electron chi connectivity index (χ2n) is 10.3. The van der Waals surface area contributed by atoms with Gasteiger partial charge in [0, 0.05) is 5.25 Å². The van der Waals surface area contributed by atoms with Crippen molar-refractivity contribution in [1.29, 1.82) is 0 Å². The number of nitrogens with zero attached hydrogens (tertiary/aromatic N) is 1. The molecule has 2 N–H and O–H groups in total. The Morgan fingerprint density at radius 1 is 1.09 bits per heavy atom.